The average molecular weight is 174 g/mol. The molecule has 0 aliphatic heterocycles. The lowest BCUT2D eigenvalue weighted by Crippen LogP contribution is -2.12. The Hall–Kier alpha value is -1.39. The minimum Gasteiger partial charge on any atom is -0.397 e. The van der Waals surface area contributed by atoms with E-state index < -0.39 is 17.7 Å². The highest BCUT2D eigenvalue weighted by Gasteiger charge is 2.13. The van der Waals surface area contributed by atoms with Gasteiger partial charge in [-0.15, -0.1) is 0 Å². The Morgan fingerprint density at radius 2 is 2.17 bits per heavy atom. The highest BCUT2D eigenvalue weighted by molar-refractivity contribution is 5.49. The summed E-state index contributed by atoms with van der Waals surface area (Å²) in [5.41, 5.74) is 4.56. The molecule has 0 saturated heterocycles. The topological polar surface area (TPSA) is 58.9 Å². The first-order valence-corrected chi connectivity index (χ1v) is 3.30. The summed E-state index contributed by atoms with van der Waals surface area (Å²) in [5, 5.41) is 0. The highest BCUT2D eigenvalue weighted by Crippen LogP contribution is 2.22. The van der Waals surface area contributed by atoms with Crippen LogP contribution < -0.4 is 11.3 Å². The molecule has 66 valence electrons. The molecular weight excluding hydrogens is 166 g/mol. The summed E-state index contributed by atoms with van der Waals surface area (Å²) in [6.07, 6.45) is -2.74. The molecule has 0 unspecified atom stereocenters. The second-order valence-electron chi connectivity index (χ2n) is 2.44. The molecule has 5 heteroatoms. The Morgan fingerprint density at radius 3 is 2.67 bits per heavy atom. The number of pyridine rings is 1. The van der Waals surface area contributed by atoms with Crippen LogP contribution in [0.25, 0.3) is 0 Å². The van der Waals surface area contributed by atoms with Gasteiger partial charge in [-0.3, -0.25) is 4.79 Å². The molecule has 1 rings (SSSR count). The molecular formula is C7H8F2N2O. The minimum absolute atomic E-state index is 0.0513. The van der Waals surface area contributed by atoms with Crippen molar-refractivity contribution >= 4 is 5.69 Å². The number of rotatable bonds is 1. The number of nitrogens with one attached hydrogen (secondary N) is 1. The number of aromatic nitrogens is 1. The first-order valence-electron chi connectivity index (χ1n) is 3.30. The fraction of sp³-hybridized carbons (Fsp3) is 0.286. The number of anilines is 1. The number of hydrogen-bond acceptors (Lipinski definition) is 2. The Labute approximate surface area is 67.2 Å². The first kappa shape index (κ1) is 8.70. The van der Waals surface area contributed by atoms with Gasteiger partial charge < -0.3 is 10.7 Å². The molecule has 0 fully saturated rings. The summed E-state index contributed by atoms with van der Waals surface area (Å²) in [6, 6.07) is 1.18. The van der Waals surface area contributed by atoms with Crippen LogP contribution in [0.15, 0.2) is 10.9 Å². The lowest BCUT2D eigenvalue weighted by molar-refractivity contribution is 0.146. The Bertz CT molecular complexity index is 346. The molecule has 3 nitrogen and oxygen atoms in total. The van der Waals surface area contributed by atoms with Gasteiger partial charge in [-0.1, -0.05) is 0 Å². The predicted molar refractivity (Wildman–Crippen MR) is 41.2 cm³/mol. The van der Waals surface area contributed by atoms with Gasteiger partial charge in [0.1, 0.15) is 5.69 Å². The van der Waals surface area contributed by atoms with Crippen molar-refractivity contribution in [2.45, 2.75) is 13.3 Å². The molecule has 0 bridgehead atoms. The monoisotopic (exact) mass is 174 g/mol. The molecule has 0 saturated carbocycles. The van der Waals surface area contributed by atoms with Gasteiger partial charge in [0.2, 0.25) is 5.56 Å². The van der Waals surface area contributed by atoms with E-state index in [4.69, 9.17) is 5.73 Å². The summed E-state index contributed by atoms with van der Waals surface area (Å²) >= 11 is 0. The van der Waals surface area contributed by atoms with Crippen LogP contribution in [0.3, 0.4) is 0 Å². The van der Waals surface area contributed by atoms with Crippen molar-refractivity contribution in [2.24, 2.45) is 0 Å². The predicted octanol–water partition coefficient (Wildman–Crippen LogP) is 1.20. The van der Waals surface area contributed by atoms with Crippen molar-refractivity contribution in [3.8, 4) is 0 Å². The van der Waals surface area contributed by atoms with Gasteiger partial charge in [0.15, 0.2) is 0 Å². The Morgan fingerprint density at radius 1 is 1.58 bits per heavy atom. The van der Waals surface area contributed by atoms with E-state index in [2.05, 4.69) is 0 Å². The maximum atomic E-state index is 12.1. The van der Waals surface area contributed by atoms with Crippen LogP contribution in [0.1, 0.15) is 17.7 Å². The maximum Gasteiger partial charge on any atom is 0.280 e. The number of halogens is 2. The maximum absolute atomic E-state index is 12.1. The lowest BCUT2D eigenvalue weighted by Gasteiger charge is -2.05. The Balaban J connectivity index is 3.38. The van der Waals surface area contributed by atoms with Crippen molar-refractivity contribution in [2.75, 3.05) is 5.73 Å². The second kappa shape index (κ2) is 2.92. The number of H-pyrrole nitrogens is 1. The molecule has 0 radical (unpaired) electrons. The van der Waals surface area contributed by atoms with Gasteiger partial charge in [-0.2, -0.15) is 0 Å². The van der Waals surface area contributed by atoms with Gasteiger partial charge in [-0.25, -0.2) is 8.78 Å². The SMILES string of the molecule is Cc1cc(=O)[nH]c(C(F)F)c1N. The molecule has 0 aromatic carbocycles. The van der Waals surface area contributed by atoms with E-state index in [1.165, 1.54) is 13.0 Å². The largest absolute Gasteiger partial charge is 0.397 e. The molecule has 12 heavy (non-hydrogen) atoms. The van der Waals surface area contributed by atoms with Gasteiger partial charge in [-0.05, 0) is 12.5 Å². The number of aryl methyl sites for hydroxylation is 1. The van der Waals surface area contributed by atoms with Crippen molar-refractivity contribution < 1.29 is 8.78 Å². The zero-order valence-corrected chi connectivity index (χ0v) is 6.40. The van der Waals surface area contributed by atoms with Crippen LogP contribution in [0.5, 0.6) is 0 Å². The average Bonchev–Trinajstić information content (AvgIpc) is 1.96. The van der Waals surface area contributed by atoms with Crippen LogP contribution >= 0.6 is 0 Å². The quantitative estimate of drug-likeness (QED) is 0.672. The van der Waals surface area contributed by atoms with E-state index in [-0.39, 0.29) is 5.69 Å². The second-order valence-corrected chi connectivity index (χ2v) is 2.44. The van der Waals surface area contributed by atoms with Gasteiger partial charge in [0, 0.05) is 6.07 Å². The zero-order chi connectivity index (χ0) is 9.30. The fourth-order valence-electron chi connectivity index (χ4n) is 0.895. The molecule has 0 atom stereocenters. The first-order chi connectivity index (χ1) is 5.52. The molecule has 1 aromatic rings. The molecule has 1 heterocycles. The smallest absolute Gasteiger partial charge is 0.280 e. The minimum atomic E-state index is -2.74. The molecule has 1 aromatic heterocycles. The Kier molecular flexibility index (Phi) is 2.12. The molecule has 3 N–H and O–H groups in total. The third kappa shape index (κ3) is 1.44. The van der Waals surface area contributed by atoms with Crippen LogP contribution in [-0.4, -0.2) is 4.98 Å². The fourth-order valence-corrected chi connectivity index (χ4v) is 0.895. The van der Waals surface area contributed by atoms with Gasteiger partial charge >= 0.3 is 0 Å². The lowest BCUT2D eigenvalue weighted by atomic mass is 10.2. The van der Waals surface area contributed by atoms with Crippen molar-refractivity contribution in [1.29, 1.82) is 0 Å². The zero-order valence-electron chi connectivity index (χ0n) is 6.40. The molecule has 0 aliphatic carbocycles. The van der Waals surface area contributed by atoms with E-state index in [0.29, 0.717) is 5.56 Å². The van der Waals surface area contributed by atoms with Crippen LogP contribution in [-0.2, 0) is 0 Å². The van der Waals surface area contributed by atoms with E-state index in [0.717, 1.165) is 0 Å². The standard InChI is InChI=1S/C7H8F2N2O/c1-3-2-4(12)11-6(5(3)10)7(8)9/h2,7H,10H2,1H3,(H,11,12). The normalized spacial score (nSPS) is 10.7. The highest BCUT2D eigenvalue weighted by atomic mass is 19.3. The summed E-state index contributed by atoms with van der Waals surface area (Å²) < 4.78 is 24.3. The summed E-state index contributed by atoms with van der Waals surface area (Å²) in [6.45, 7) is 1.51. The van der Waals surface area contributed by atoms with Crippen molar-refractivity contribution in [1.82, 2.24) is 4.98 Å². The van der Waals surface area contributed by atoms with E-state index in [9.17, 15) is 13.6 Å². The number of aromatic amines is 1. The number of nitrogens with two attached hydrogens (primary N) is 1. The van der Waals surface area contributed by atoms with Gasteiger partial charge in [0.25, 0.3) is 6.43 Å². The van der Waals surface area contributed by atoms with E-state index in [1.807, 2.05) is 4.98 Å². The third-order valence-corrected chi connectivity index (χ3v) is 1.54. The van der Waals surface area contributed by atoms with Crippen LogP contribution in [0, 0.1) is 6.92 Å². The third-order valence-electron chi connectivity index (χ3n) is 1.54. The number of hydrogen-bond donors (Lipinski definition) is 2. The summed E-state index contributed by atoms with van der Waals surface area (Å²) in [5.74, 6) is 0. The van der Waals surface area contributed by atoms with E-state index >= 15 is 0 Å². The summed E-state index contributed by atoms with van der Waals surface area (Å²) in [7, 11) is 0. The number of alkyl halides is 2. The molecule has 0 spiro atoms. The number of nitrogen functional groups attached to an aromatic ring is 1. The van der Waals surface area contributed by atoms with Crippen molar-refractivity contribution in [3.63, 3.8) is 0 Å². The van der Waals surface area contributed by atoms with Crippen LogP contribution in [0.4, 0.5) is 14.5 Å². The van der Waals surface area contributed by atoms with Crippen molar-refractivity contribution in [3.05, 3.63) is 27.7 Å². The summed E-state index contributed by atoms with van der Waals surface area (Å²) in [4.78, 5) is 12.7. The van der Waals surface area contributed by atoms with E-state index in [1.54, 1.807) is 0 Å². The molecule has 0 amide bonds. The van der Waals surface area contributed by atoms with Gasteiger partial charge in [0.05, 0.1) is 5.69 Å². The van der Waals surface area contributed by atoms with Crippen LogP contribution in [0.2, 0.25) is 0 Å². The molecule has 0 aliphatic rings.